The SMILES string of the molecule is CNCC(Cc1c(F)cccc1Cl)C(C)C. The van der Waals surface area contributed by atoms with Crippen molar-refractivity contribution in [3.05, 3.63) is 34.6 Å². The quantitative estimate of drug-likeness (QED) is 0.835. The van der Waals surface area contributed by atoms with Crippen LogP contribution in [0, 0.1) is 17.7 Å². The van der Waals surface area contributed by atoms with E-state index in [9.17, 15) is 4.39 Å². The molecule has 90 valence electrons. The average molecular weight is 244 g/mol. The van der Waals surface area contributed by atoms with Gasteiger partial charge < -0.3 is 5.32 Å². The van der Waals surface area contributed by atoms with Gasteiger partial charge in [-0.25, -0.2) is 4.39 Å². The maximum atomic E-state index is 13.6. The Kier molecular flexibility index (Phi) is 5.23. The number of hydrogen-bond donors (Lipinski definition) is 1. The minimum absolute atomic E-state index is 0.200. The van der Waals surface area contributed by atoms with Gasteiger partial charge in [-0.15, -0.1) is 0 Å². The second-order valence-electron chi connectivity index (χ2n) is 4.47. The Morgan fingerprint density at radius 3 is 2.56 bits per heavy atom. The fourth-order valence-corrected chi connectivity index (χ4v) is 2.04. The summed E-state index contributed by atoms with van der Waals surface area (Å²) in [5.74, 6) is 0.705. The molecule has 0 aliphatic rings. The van der Waals surface area contributed by atoms with Gasteiger partial charge >= 0.3 is 0 Å². The Labute approximate surface area is 102 Å². The van der Waals surface area contributed by atoms with Gasteiger partial charge in [0.15, 0.2) is 0 Å². The number of halogens is 2. The summed E-state index contributed by atoms with van der Waals surface area (Å²) in [4.78, 5) is 0. The minimum Gasteiger partial charge on any atom is -0.319 e. The third kappa shape index (κ3) is 3.46. The number of benzene rings is 1. The predicted molar refractivity (Wildman–Crippen MR) is 67.4 cm³/mol. The molecule has 0 heterocycles. The topological polar surface area (TPSA) is 12.0 Å². The number of hydrogen-bond acceptors (Lipinski definition) is 1. The van der Waals surface area contributed by atoms with E-state index in [1.54, 1.807) is 12.1 Å². The molecule has 0 amide bonds. The highest BCUT2D eigenvalue weighted by Gasteiger charge is 2.17. The molecule has 0 saturated heterocycles. The van der Waals surface area contributed by atoms with Crippen LogP contribution in [0.2, 0.25) is 5.02 Å². The van der Waals surface area contributed by atoms with E-state index in [1.165, 1.54) is 6.07 Å². The molecule has 0 aromatic heterocycles. The van der Waals surface area contributed by atoms with Crippen LogP contribution < -0.4 is 5.32 Å². The largest absolute Gasteiger partial charge is 0.319 e. The van der Waals surface area contributed by atoms with Crippen LogP contribution in [0.1, 0.15) is 19.4 Å². The normalized spacial score (nSPS) is 13.1. The highest BCUT2D eigenvalue weighted by molar-refractivity contribution is 6.31. The van der Waals surface area contributed by atoms with Gasteiger partial charge in [0.2, 0.25) is 0 Å². The number of rotatable bonds is 5. The van der Waals surface area contributed by atoms with E-state index in [4.69, 9.17) is 11.6 Å². The maximum absolute atomic E-state index is 13.6. The monoisotopic (exact) mass is 243 g/mol. The van der Waals surface area contributed by atoms with Crippen LogP contribution in [-0.2, 0) is 6.42 Å². The van der Waals surface area contributed by atoms with Gasteiger partial charge in [0.1, 0.15) is 5.82 Å². The van der Waals surface area contributed by atoms with E-state index in [0.717, 1.165) is 6.54 Å². The third-order valence-corrected chi connectivity index (χ3v) is 3.29. The molecule has 1 nitrogen and oxygen atoms in total. The summed E-state index contributed by atoms with van der Waals surface area (Å²) < 4.78 is 13.6. The van der Waals surface area contributed by atoms with Crippen molar-refractivity contribution in [2.24, 2.45) is 11.8 Å². The first-order chi connectivity index (χ1) is 7.56. The van der Waals surface area contributed by atoms with Crippen molar-refractivity contribution in [1.82, 2.24) is 5.32 Å². The smallest absolute Gasteiger partial charge is 0.127 e. The molecule has 16 heavy (non-hydrogen) atoms. The van der Waals surface area contributed by atoms with Gasteiger partial charge in [-0.05, 0) is 44.0 Å². The zero-order chi connectivity index (χ0) is 12.1. The highest BCUT2D eigenvalue weighted by Crippen LogP contribution is 2.25. The molecule has 0 spiro atoms. The van der Waals surface area contributed by atoms with Crippen LogP contribution in [0.15, 0.2) is 18.2 Å². The van der Waals surface area contributed by atoms with Gasteiger partial charge in [0.05, 0.1) is 0 Å². The fourth-order valence-electron chi connectivity index (χ4n) is 1.80. The summed E-state index contributed by atoms with van der Waals surface area (Å²) in [5, 5.41) is 3.67. The molecular weight excluding hydrogens is 225 g/mol. The van der Waals surface area contributed by atoms with Crippen molar-refractivity contribution >= 4 is 11.6 Å². The first-order valence-electron chi connectivity index (χ1n) is 5.63. The average Bonchev–Trinajstić information content (AvgIpc) is 2.21. The molecule has 0 radical (unpaired) electrons. The van der Waals surface area contributed by atoms with Crippen molar-refractivity contribution in [1.29, 1.82) is 0 Å². The second-order valence-corrected chi connectivity index (χ2v) is 4.87. The van der Waals surface area contributed by atoms with Crippen LogP contribution in [0.25, 0.3) is 0 Å². The highest BCUT2D eigenvalue weighted by atomic mass is 35.5. The Balaban J connectivity index is 2.84. The lowest BCUT2D eigenvalue weighted by molar-refractivity contribution is 0.366. The fraction of sp³-hybridized carbons (Fsp3) is 0.538. The lowest BCUT2D eigenvalue weighted by Gasteiger charge is -2.21. The van der Waals surface area contributed by atoms with Crippen molar-refractivity contribution in [2.75, 3.05) is 13.6 Å². The van der Waals surface area contributed by atoms with Crippen LogP contribution >= 0.6 is 11.6 Å². The molecule has 1 N–H and O–H groups in total. The number of nitrogens with one attached hydrogen (secondary N) is 1. The van der Waals surface area contributed by atoms with E-state index in [0.29, 0.717) is 28.8 Å². The Bertz CT molecular complexity index is 318. The molecule has 1 aromatic carbocycles. The minimum atomic E-state index is -0.200. The van der Waals surface area contributed by atoms with Crippen LogP contribution in [0.4, 0.5) is 4.39 Å². The van der Waals surface area contributed by atoms with Crippen molar-refractivity contribution in [3.63, 3.8) is 0 Å². The van der Waals surface area contributed by atoms with Gasteiger partial charge in [0.25, 0.3) is 0 Å². The van der Waals surface area contributed by atoms with Crippen molar-refractivity contribution in [2.45, 2.75) is 20.3 Å². The molecule has 3 heteroatoms. The molecule has 1 unspecified atom stereocenters. The summed E-state index contributed by atoms with van der Waals surface area (Å²) in [6.07, 6.45) is 0.685. The summed E-state index contributed by atoms with van der Waals surface area (Å²) in [6, 6.07) is 4.86. The Morgan fingerprint density at radius 2 is 2.06 bits per heavy atom. The predicted octanol–water partition coefficient (Wildman–Crippen LogP) is 3.51. The molecule has 0 bridgehead atoms. The van der Waals surface area contributed by atoms with E-state index >= 15 is 0 Å². The first-order valence-corrected chi connectivity index (χ1v) is 6.01. The summed E-state index contributed by atoms with van der Waals surface area (Å²) in [6.45, 7) is 5.18. The van der Waals surface area contributed by atoms with Crippen LogP contribution in [-0.4, -0.2) is 13.6 Å². The Hall–Kier alpha value is -0.600. The zero-order valence-corrected chi connectivity index (χ0v) is 10.8. The van der Waals surface area contributed by atoms with E-state index in [-0.39, 0.29) is 5.82 Å². The molecular formula is C13H19ClFN. The summed E-state index contributed by atoms with van der Waals surface area (Å²) >= 11 is 6.02. The first kappa shape index (κ1) is 13.5. The molecule has 1 rings (SSSR count). The van der Waals surface area contributed by atoms with Crippen molar-refractivity contribution in [3.8, 4) is 0 Å². The van der Waals surface area contributed by atoms with Gasteiger partial charge in [-0.2, -0.15) is 0 Å². The second kappa shape index (κ2) is 6.21. The molecule has 0 aliphatic heterocycles. The van der Waals surface area contributed by atoms with Crippen molar-refractivity contribution < 1.29 is 4.39 Å². The van der Waals surface area contributed by atoms with Crippen LogP contribution in [0.3, 0.4) is 0 Å². The lowest BCUT2D eigenvalue weighted by atomic mass is 9.89. The Morgan fingerprint density at radius 1 is 1.38 bits per heavy atom. The molecule has 0 saturated carbocycles. The summed E-state index contributed by atoms with van der Waals surface area (Å²) in [7, 11) is 1.92. The van der Waals surface area contributed by atoms with E-state index in [2.05, 4.69) is 19.2 Å². The van der Waals surface area contributed by atoms with Crippen LogP contribution in [0.5, 0.6) is 0 Å². The standard InChI is InChI=1S/C13H19ClFN/c1-9(2)10(8-16-3)7-11-12(14)5-4-6-13(11)15/h4-6,9-10,16H,7-8H2,1-3H3. The van der Waals surface area contributed by atoms with E-state index in [1.807, 2.05) is 7.05 Å². The third-order valence-electron chi connectivity index (χ3n) is 2.94. The molecule has 0 fully saturated rings. The lowest BCUT2D eigenvalue weighted by Crippen LogP contribution is -2.25. The molecule has 0 aliphatic carbocycles. The maximum Gasteiger partial charge on any atom is 0.127 e. The van der Waals surface area contributed by atoms with E-state index < -0.39 is 0 Å². The van der Waals surface area contributed by atoms with Gasteiger partial charge in [0, 0.05) is 10.6 Å². The summed E-state index contributed by atoms with van der Waals surface area (Å²) in [5.41, 5.74) is 0.637. The van der Waals surface area contributed by atoms with Gasteiger partial charge in [-0.1, -0.05) is 31.5 Å². The van der Waals surface area contributed by atoms with Gasteiger partial charge in [-0.3, -0.25) is 0 Å². The molecule has 1 atom stereocenters. The zero-order valence-electron chi connectivity index (χ0n) is 10.1. The molecule has 1 aromatic rings.